The van der Waals surface area contributed by atoms with Crippen LogP contribution in [0.15, 0.2) is 48.8 Å². The lowest BCUT2D eigenvalue weighted by atomic mass is 10.2. The highest BCUT2D eigenvalue weighted by atomic mass is 19.4. The van der Waals surface area contributed by atoms with Gasteiger partial charge in [-0.1, -0.05) is 12.1 Å². The number of benzene rings is 2. The standard InChI is InChI=1S/C12H13F4NO2.C8H8N2/c13-10-5-9(8-17-1-3-18-4-2-17)6-11(7-10)19-12(14,15)16;1-10-6-9-7-4-2-3-5-8(7)10/h5-7H,1-4,8H2;2-6H,1H3. The molecule has 2 aromatic carbocycles. The van der Waals surface area contributed by atoms with Crippen LogP contribution in [0.3, 0.4) is 0 Å². The van der Waals surface area contributed by atoms with Gasteiger partial charge in [-0.25, -0.2) is 9.37 Å². The molecule has 9 heteroatoms. The van der Waals surface area contributed by atoms with Crippen molar-refractivity contribution in [1.29, 1.82) is 0 Å². The first kappa shape index (κ1) is 21.1. The van der Waals surface area contributed by atoms with Gasteiger partial charge < -0.3 is 14.0 Å². The molecule has 0 amide bonds. The van der Waals surface area contributed by atoms with Gasteiger partial charge in [-0.2, -0.15) is 0 Å². The van der Waals surface area contributed by atoms with E-state index in [0.29, 0.717) is 38.4 Å². The second kappa shape index (κ2) is 9.23. The van der Waals surface area contributed by atoms with Gasteiger partial charge in [0.2, 0.25) is 0 Å². The second-order valence-corrected chi connectivity index (χ2v) is 6.58. The van der Waals surface area contributed by atoms with Gasteiger partial charge in [0.1, 0.15) is 11.6 Å². The number of halogens is 4. The van der Waals surface area contributed by atoms with E-state index >= 15 is 0 Å². The van der Waals surface area contributed by atoms with Crippen LogP contribution in [0.2, 0.25) is 0 Å². The minimum absolute atomic E-state index is 0.370. The van der Waals surface area contributed by atoms with Crippen LogP contribution in [-0.4, -0.2) is 47.1 Å². The molecule has 1 aliphatic heterocycles. The average molecular weight is 411 g/mol. The first-order valence-corrected chi connectivity index (χ1v) is 9.01. The number of nitrogens with zero attached hydrogens (tertiary/aromatic N) is 3. The predicted molar refractivity (Wildman–Crippen MR) is 99.9 cm³/mol. The van der Waals surface area contributed by atoms with Crippen LogP contribution in [0, 0.1) is 5.82 Å². The first-order valence-electron chi connectivity index (χ1n) is 9.01. The highest BCUT2D eigenvalue weighted by Gasteiger charge is 2.31. The summed E-state index contributed by atoms with van der Waals surface area (Å²) in [6, 6.07) is 11.2. The number of ether oxygens (including phenoxy) is 2. The molecule has 2 heterocycles. The molecule has 0 bridgehead atoms. The predicted octanol–water partition coefficient (Wildman–Crippen LogP) is 4.13. The minimum atomic E-state index is -4.82. The molecule has 0 radical (unpaired) electrons. The lowest BCUT2D eigenvalue weighted by molar-refractivity contribution is -0.274. The number of rotatable bonds is 3. The smallest absolute Gasteiger partial charge is 0.406 e. The normalized spacial score (nSPS) is 15.1. The number of alkyl halides is 3. The fourth-order valence-electron chi connectivity index (χ4n) is 3.00. The zero-order chi connectivity index (χ0) is 20.9. The van der Waals surface area contributed by atoms with Gasteiger partial charge in [0.25, 0.3) is 0 Å². The number of imidazole rings is 1. The minimum Gasteiger partial charge on any atom is -0.406 e. The van der Waals surface area contributed by atoms with Crippen molar-refractivity contribution >= 4 is 11.0 Å². The maximum atomic E-state index is 13.3. The van der Waals surface area contributed by atoms with Crippen molar-refractivity contribution < 1.29 is 27.0 Å². The Hall–Kier alpha value is -2.65. The summed E-state index contributed by atoms with van der Waals surface area (Å²) in [5, 5.41) is 0. The maximum Gasteiger partial charge on any atom is 0.573 e. The zero-order valence-corrected chi connectivity index (χ0v) is 15.8. The van der Waals surface area contributed by atoms with Crippen LogP contribution >= 0.6 is 0 Å². The Bertz CT molecular complexity index is 937. The number of hydrogen-bond donors (Lipinski definition) is 0. The maximum absolute atomic E-state index is 13.3. The number of aromatic nitrogens is 2. The molecule has 0 spiro atoms. The second-order valence-electron chi connectivity index (χ2n) is 6.58. The van der Waals surface area contributed by atoms with Crippen molar-refractivity contribution in [2.45, 2.75) is 12.9 Å². The van der Waals surface area contributed by atoms with Crippen LogP contribution in [0.1, 0.15) is 5.56 Å². The topological polar surface area (TPSA) is 39.5 Å². The molecule has 1 saturated heterocycles. The van der Waals surface area contributed by atoms with E-state index in [2.05, 4.69) is 15.8 Å². The van der Waals surface area contributed by atoms with Gasteiger partial charge in [-0.15, -0.1) is 13.2 Å². The Labute approximate surface area is 165 Å². The number of para-hydroxylation sites is 2. The molecule has 156 valence electrons. The molecule has 0 aliphatic carbocycles. The third kappa shape index (κ3) is 6.43. The van der Waals surface area contributed by atoms with Gasteiger partial charge in [-0.05, 0) is 29.8 Å². The van der Waals surface area contributed by atoms with E-state index in [-0.39, 0.29) is 0 Å². The summed E-state index contributed by atoms with van der Waals surface area (Å²) in [7, 11) is 2.00. The van der Waals surface area contributed by atoms with E-state index < -0.39 is 17.9 Å². The van der Waals surface area contributed by atoms with Crippen LogP contribution in [0.5, 0.6) is 5.75 Å². The number of fused-ring (bicyclic) bond motifs is 1. The monoisotopic (exact) mass is 411 g/mol. The molecular formula is C20H21F4N3O2. The van der Waals surface area contributed by atoms with Crippen molar-refractivity contribution in [3.05, 3.63) is 60.2 Å². The molecule has 1 aliphatic rings. The Morgan fingerprint density at radius 1 is 1.10 bits per heavy atom. The highest BCUT2D eigenvalue weighted by Crippen LogP contribution is 2.25. The molecule has 5 nitrogen and oxygen atoms in total. The summed E-state index contributed by atoms with van der Waals surface area (Å²) < 4.78 is 60.4. The van der Waals surface area contributed by atoms with E-state index in [1.165, 1.54) is 17.6 Å². The van der Waals surface area contributed by atoms with Crippen molar-refractivity contribution in [3.63, 3.8) is 0 Å². The van der Waals surface area contributed by atoms with Gasteiger partial charge >= 0.3 is 6.36 Å². The van der Waals surface area contributed by atoms with Crippen LogP contribution < -0.4 is 4.74 Å². The Balaban J connectivity index is 0.000000200. The van der Waals surface area contributed by atoms with Gasteiger partial charge in [0, 0.05) is 32.7 Å². The van der Waals surface area contributed by atoms with Gasteiger partial charge in [0.15, 0.2) is 0 Å². The van der Waals surface area contributed by atoms with E-state index in [4.69, 9.17) is 4.74 Å². The fraction of sp³-hybridized carbons (Fsp3) is 0.350. The molecule has 0 saturated carbocycles. The molecular weight excluding hydrogens is 390 g/mol. The third-order valence-electron chi connectivity index (χ3n) is 4.31. The highest BCUT2D eigenvalue weighted by molar-refractivity contribution is 5.74. The SMILES string of the molecule is Cn1cnc2ccccc21.Fc1cc(CN2CCOCC2)cc(OC(F)(F)F)c1. The van der Waals surface area contributed by atoms with E-state index in [9.17, 15) is 17.6 Å². The summed E-state index contributed by atoms with van der Waals surface area (Å²) in [6.07, 6.45) is -2.99. The summed E-state index contributed by atoms with van der Waals surface area (Å²) in [5.41, 5.74) is 2.69. The lowest BCUT2D eigenvalue weighted by Gasteiger charge is -2.26. The number of aryl methyl sites for hydroxylation is 1. The fourth-order valence-corrected chi connectivity index (χ4v) is 3.00. The Morgan fingerprint density at radius 3 is 2.52 bits per heavy atom. The zero-order valence-electron chi connectivity index (χ0n) is 15.8. The largest absolute Gasteiger partial charge is 0.573 e. The summed E-state index contributed by atoms with van der Waals surface area (Å²) in [5.74, 6) is -1.28. The quantitative estimate of drug-likeness (QED) is 0.608. The number of morpholine rings is 1. The van der Waals surface area contributed by atoms with E-state index in [0.717, 1.165) is 11.6 Å². The van der Waals surface area contributed by atoms with Crippen molar-refractivity contribution in [3.8, 4) is 5.75 Å². The molecule has 0 atom stereocenters. The summed E-state index contributed by atoms with van der Waals surface area (Å²) in [6.45, 7) is 2.86. The lowest BCUT2D eigenvalue weighted by Crippen LogP contribution is -2.35. The summed E-state index contributed by atoms with van der Waals surface area (Å²) in [4.78, 5) is 6.16. The van der Waals surface area contributed by atoms with E-state index in [1.54, 1.807) is 0 Å². The van der Waals surface area contributed by atoms with Gasteiger partial charge in [-0.3, -0.25) is 4.90 Å². The number of hydrogen-bond acceptors (Lipinski definition) is 4. The van der Waals surface area contributed by atoms with Crippen molar-refractivity contribution in [1.82, 2.24) is 14.5 Å². The molecule has 29 heavy (non-hydrogen) atoms. The molecule has 1 aromatic heterocycles. The Morgan fingerprint density at radius 2 is 1.83 bits per heavy atom. The average Bonchev–Trinajstić information content (AvgIpc) is 3.03. The van der Waals surface area contributed by atoms with Crippen LogP contribution in [0.25, 0.3) is 11.0 Å². The molecule has 3 aromatic rings. The van der Waals surface area contributed by atoms with Crippen LogP contribution in [-0.2, 0) is 18.3 Å². The molecule has 1 fully saturated rings. The Kier molecular flexibility index (Phi) is 6.71. The van der Waals surface area contributed by atoms with Crippen molar-refractivity contribution in [2.24, 2.45) is 7.05 Å². The molecule has 0 N–H and O–H groups in total. The molecule has 0 unspecified atom stereocenters. The summed E-state index contributed by atoms with van der Waals surface area (Å²) >= 11 is 0. The third-order valence-corrected chi connectivity index (χ3v) is 4.31. The van der Waals surface area contributed by atoms with E-state index in [1.807, 2.05) is 41.0 Å². The van der Waals surface area contributed by atoms with Crippen LogP contribution in [0.4, 0.5) is 17.6 Å². The first-order chi connectivity index (χ1) is 13.8. The van der Waals surface area contributed by atoms with Gasteiger partial charge in [0.05, 0.1) is 30.6 Å². The molecule has 4 rings (SSSR count). The van der Waals surface area contributed by atoms with Crippen molar-refractivity contribution in [2.75, 3.05) is 26.3 Å².